The van der Waals surface area contributed by atoms with Crippen LogP contribution in [-0.4, -0.2) is 53.6 Å². The minimum atomic E-state index is -0.103. The van der Waals surface area contributed by atoms with Gasteiger partial charge < -0.3 is 19.0 Å². The molecule has 0 aliphatic carbocycles. The quantitative estimate of drug-likeness (QED) is 0.809. The second-order valence-corrected chi connectivity index (χ2v) is 5.82. The molecule has 1 amide bonds. The van der Waals surface area contributed by atoms with Crippen molar-refractivity contribution < 1.29 is 13.9 Å². The molecule has 3 heterocycles. The van der Waals surface area contributed by atoms with Gasteiger partial charge in [0.1, 0.15) is 0 Å². The number of likely N-dealkylation sites (N-methyl/N-ethyl adjacent to an activating group) is 1. The standard InChI is InChI=1S/C17H22N4O3/c1-3-10-24-16-15(18-7-8-19-16)21-9-6-13(12-21)20(2)17(22)14-5-4-11-23-14/h4-5,7-8,11,13H,3,6,9-10,12H2,1-2H3/t13-/m1/s1. The molecule has 0 saturated carbocycles. The van der Waals surface area contributed by atoms with Crippen LogP contribution in [0.5, 0.6) is 5.88 Å². The van der Waals surface area contributed by atoms with Crippen molar-refractivity contribution in [2.24, 2.45) is 0 Å². The van der Waals surface area contributed by atoms with E-state index in [1.807, 2.05) is 7.05 Å². The van der Waals surface area contributed by atoms with Crippen molar-refractivity contribution in [2.45, 2.75) is 25.8 Å². The summed E-state index contributed by atoms with van der Waals surface area (Å²) in [6.45, 7) is 4.17. The van der Waals surface area contributed by atoms with Gasteiger partial charge in [0.25, 0.3) is 11.8 Å². The number of ether oxygens (including phenoxy) is 1. The predicted octanol–water partition coefficient (Wildman–Crippen LogP) is 2.21. The summed E-state index contributed by atoms with van der Waals surface area (Å²) in [6, 6.07) is 3.51. The maximum Gasteiger partial charge on any atom is 0.289 e. The average Bonchev–Trinajstić information content (AvgIpc) is 3.30. The Hall–Kier alpha value is -2.57. The van der Waals surface area contributed by atoms with E-state index >= 15 is 0 Å². The first-order valence-corrected chi connectivity index (χ1v) is 8.20. The summed E-state index contributed by atoms with van der Waals surface area (Å²) in [7, 11) is 1.81. The second kappa shape index (κ2) is 7.33. The zero-order chi connectivity index (χ0) is 16.9. The normalized spacial score (nSPS) is 17.1. The van der Waals surface area contributed by atoms with E-state index in [0.717, 1.165) is 25.2 Å². The molecule has 0 aromatic carbocycles. The molecule has 0 unspecified atom stereocenters. The lowest BCUT2D eigenvalue weighted by atomic mass is 10.2. The van der Waals surface area contributed by atoms with E-state index in [0.29, 0.717) is 24.8 Å². The van der Waals surface area contributed by atoms with Crippen molar-refractivity contribution in [3.8, 4) is 5.88 Å². The Labute approximate surface area is 141 Å². The Morgan fingerprint density at radius 3 is 3.04 bits per heavy atom. The van der Waals surface area contributed by atoms with Crippen LogP contribution in [0.2, 0.25) is 0 Å². The largest absolute Gasteiger partial charge is 0.475 e. The molecule has 3 rings (SSSR count). The number of hydrogen-bond donors (Lipinski definition) is 0. The van der Waals surface area contributed by atoms with Gasteiger partial charge >= 0.3 is 0 Å². The van der Waals surface area contributed by atoms with Crippen molar-refractivity contribution in [1.29, 1.82) is 0 Å². The predicted molar refractivity (Wildman–Crippen MR) is 89.2 cm³/mol. The molecule has 128 valence electrons. The number of nitrogens with zero attached hydrogens (tertiary/aromatic N) is 4. The first-order chi connectivity index (χ1) is 11.7. The number of anilines is 1. The smallest absolute Gasteiger partial charge is 0.289 e. The lowest BCUT2D eigenvalue weighted by molar-refractivity contribution is 0.0713. The minimum Gasteiger partial charge on any atom is -0.475 e. The highest BCUT2D eigenvalue weighted by molar-refractivity contribution is 5.91. The summed E-state index contributed by atoms with van der Waals surface area (Å²) < 4.78 is 10.9. The third kappa shape index (κ3) is 3.34. The van der Waals surface area contributed by atoms with Crippen LogP contribution >= 0.6 is 0 Å². The van der Waals surface area contributed by atoms with Crippen molar-refractivity contribution >= 4 is 11.7 Å². The number of furan rings is 1. The van der Waals surface area contributed by atoms with E-state index in [2.05, 4.69) is 21.8 Å². The molecular formula is C17H22N4O3. The fraction of sp³-hybridized carbons (Fsp3) is 0.471. The third-order valence-corrected chi connectivity index (χ3v) is 4.15. The first-order valence-electron chi connectivity index (χ1n) is 8.20. The van der Waals surface area contributed by atoms with Gasteiger partial charge in [-0.2, -0.15) is 0 Å². The van der Waals surface area contributed by atoms with Crippen molar-refractivity contribution in [3.05, 3.63) is 36.5 Å². The van der Waals surface area contributed by atoms with Crippen LogP contribution in [0.1, 0.15) is 30.3 Å². The highest BCUT2D eigenvalue weighted by Crippen LogP contribution is 2.28. The van der Waals surface area contributed by atoms with Gasteiger partial charge in [-0.15, -0.1) is 0 Å². The van der Waals surface area contributed by atoms with Crippen LogP contribution in [0.4, 0.5) is 5.82 Å². The Kier molecular flexibility index (Phi) is 4.98. The summed E-state index contributed by atoms with van der Waals surface area (Å²) in [5, 5.41) is 0. The number of carbonyl (C=O) groups is 1. The fourth-order valence-corrected chi connectivity index (χ4v) is 2.83. The Morgan fingerprint density at radius 1 is 1.46 bits per heavy atom. The lowest BCUT2D eigenvalue weighted by Crippen LogP contribution is -2.39. The molecule has 24 heavy (non-hydrogen) atoms. The Balaban J connectivity index is 1.68. The molecule has 0 spiro atoms. The summed E-state index contributed by atoms with van der Waals surface area (Å²) in [4.78, 5) is 25.0. The molecule has 2 aromatic rings. The van der Waals surface area contributed by atoms with Crippen LogP contribution in [-0.2, 0) is 0 Å². The molecule has 0 N–H and O–H groups in total. The van der Waals surface area contributed by atoms with Crippen LogP contribution < -0.4 is 9.64 Å². The Morgan fingerprint density at radius 2 is 2.29 bits per heavy atom. The lowest BCUT2D eigenvalue weighted by Gasteiger charge is -2.24. The molecule has 1 fully saturated rings. The molecule has 0 radical (unpaired) electrons. The van der Waals surface area contributed by atoms with E-state index in [-0.39, 0.29) is 11.9 Å². The van der Waals surface area contributed by atoms with Gasteiger partial charge in [-0.25, -0.2) is 9.97 Å². The zero-order valence-corrected chi connectivity index (χ0v) is 14.0. The second-order valence-electron chi connectivity index (χ2n) is 5.82. The highest BCUT2D eigenvalue weighted by atomic mass is 16.5. The SMILES string of the molecule is CCCOc1nccnc1N1CC[C@@H](N(C)C(=O)c2ccco2)C1. The van der Waals surface area contributed by atoms with Crippen LogP contribution in [0.3, 0.4) is 0 Å². The van der Waals surface area contributed by atoms with Gasteiger partial charge in [0.2, 0.25) is 0 Å². The van der Waals surface area contributed by atoms with Gasteiger partial charge in [-0.05, 0) is 25.0 Å². The molecule has 2 aromatic heterocycles. The molecule has 1 aliphatic rings. The Bertz CT molecular complexity index is 674. The van der Waals surface area contributed by atoms with Crippen LogP contribution in [0, 0.1) is 0 Å². The van der Waals surface area contributed by atoms with E-state index in [4.69, 9.17) is 9.15 Å². The topological polar surface area (TPSA) is 71.7 Å². The van der Waals surface area contributed by atoms with E-state index < -0.39 is 0 Å². The first kappa shape index (κ1) is 16.3. The van der Waals surface area contributed by atoms with E-state index in [1.54, 1.807) is 29.4 Å². The molecule has 7 nitrogen and oxygen atoms in total. The van der Waals surface area contributed by atoms with Gasteiger partial charge in [-0.1, -0.05) is 6.92 Å². The summed E-state index contributed by atoms with van der Waals surface area (Å²) in [6.07, 6.45) is 6.60. The summed E-state index contributed by atoms with van der Waals surface area (Å²) in [5.41, 5.74) is 0. The van der Waals surface area contributed by atoms with Gasteiger partial charge in [0, 0.05) is 32.5 Å². The molecular weight excluding hydrogens is 308 g/mol. The monoisotopic (exact) mass is 330 g/mol. The van der Waals surface area contributed by atoms with Crippen LogP contribution in [0.15, 0.2) is 35.2 Å². The number of carbonyl (C=O) groups excluding carboxylic acids is 1. The van der Waals surface area contributed by atoms with E-state index in [1.165, 1.54) is 6.26 Å². The van der Waals surface area contributed by atoms with Gasteiger partial charge in [-0.3, -0.25) is 4.79 Å². The highest BCUT2D eigenvalue weighted by Gasteiger charge is 2.31. The van der Waals surface area contributed by atoms with Crippen molar-refractivity contribution in [2.75, 3.05) is 31.6 Å². The number of amides is 1. The number of aromatic nitrogens is 2. The molecule has 1 saturated heterocycles. The molecule has 0 bridgehead atoms. The minimum absolute atomic E-state index is 0.101. The molecule has 1 atom stereocenters. The summed E-state index contributed by atoms with van der Waals surface area (Å²) >= 11 is 0. The maximum absolute atomic E-state index is 12.4. The van der Waals surface area contributed by atoms with Crippen molar-refractivity contribution in [3.63, 3.8) is 0 Å². The molecule has 7 heteroatoms. The van der Waals surface area contributed by atoms with Crippen LogP contribution in [0.25, 0.3) is 0 Å². The number of rotatable bonds is 6. The van der Waals surface area contributed by atoms with Gasteiger partial charge in [0.15, 0.2) is 11.6 Å². The third-order valence-electron chi connectivity index (χ3n) is 4.15. The molecule has 1 aliphatic heterocycles. The zero-order valence-electron chi connectivity index (χ0n) is 14.0. The van der Waals surface area contributed by atoms with Crippen molar-refractivity contribution in [1.82, 2.24) is 14.9 Å². The van der Waals surface area contributed by atoms with E-state index in [9.17, 15) is 4.79 Å². The maximum atomic E-state index is 12.4. The fourth-order valence-electron chi connectivity index (χ4n) is 2.83. The van der Waals surface area contributed by atoms with Gasteiger partial charge in [0.05, 0.1) is 18.9 Å². The number of hydrogen-bond acceptors (Lipinski definition) is 6. The average molecular weight is 330 g/mol. The summed E-state index contributed by atoms with van der Waals surface area (Å²) in [5.74, 6) is 1.56.